The van der Waals surface area contributed by atoms with Crippen molar-refractivity contribution in [2.75, 3.05) is 13.1 Å². The van der Waals surface area contributed by atoms with Crippen molar-refractivity contribution >= 4 is 11.9 Å². The van der Waals surface area contributed by atoms with Crippen LogP contribution in [0.15, 0.2) is 48.8 Å². The predicted octanol–water partition coefficient (Wildman–Crippen LogP) is 1.53. The van der Waals surface area contributed by atoms with E-state index in [1.54, 1.807) is 17.0 Å². The minimum absolute atomic E-state index is 0.0470. The molecule has 2 aromatic rings. The van der Waals surface area contributed by atoms with Gasteiger partial charge in [-0.05, 0) is 30.3 Å². The maximum atomic E-state index is 12.6. The summed E-state index contributed by atoms with van der Waals surface area (Å²) < 4.78 is 1.91. The number of amides is 1. The van der Waals surface area contributed by atoms with Crippen molar-refractivity contribution in [3.05, 3.63) is 54.4 Å². The zero-order valence-corrected chi connectivity index (χ0v) is 12.6. The summed E-state index contributed by atoms with van der Waals surface area (Å²) in [5.41, 5.74) is -0.277. The van der Waals surface area contributed by atoms with E-state index in [4.69, 9.17) is 5.11 Å². The van der Waals surface area contributed by atoms with E-state index in [2.05, 4.69) is 0 Å². The number of carboxylic acids is 1. The fraction of sp³-hybridized carbons (Fsp3) is 0.294. The van der Waals surface area contributed by atoms with Crippen LogP contribution in [0.25, 0.3) is 5.69 Å². The van der Waals surface area contributed by atoms with Gasteiger partial charge in [-0.15, -0.1) is 0 Å². The first-order valence-corrected chi connectivity index (χ1v) is 7.48. The van der Waals surface area contributed by atoms with E-state index >= 15 is 0 Å². The molecule has 2 N–H and O–H groups in total. The Balaban J connectivity index is 1.75. The van der Waals surface area contributed by atoms with Crippen LogP contribution in [0.4, 0.5) is 0 Å². The molecular formula is C17H18N2O4. The number of rotatable bonds is 3. The molecule has 1 amide bonds. The first kappa shape index (κ1) is 15.3. The minimum Gasteiger partial charge on any atom is -0.479 e. The summed E-state index contributed by atoms with van der Waals surface area (Å²) in [4.78, 5) is 25.2. The van der Waals surface area contributed by atoms with Gasteiger partial charge >= 0.3 is 5.97 Å². The number of hydrogen-bond acceptors (Lipinski definition) is 3. The molecule has 6 heteroatoms. The molecular weight excluding hydrogens is 296 g/mol. The van der Waals surface area contributed by atoms with Gasteiger partial charge in [0.15, 0.2) is 5.60 Å². The van der Waals surface area contributed by atoms with Gasteiger partial charge in [0.2, 0.25) is 0 Å². The normalized spacial score (nSPS) is 17.0. The Hall–Kier alpha value is -2.60. The van der Waals surface area contributed by atoms with Gasteiger partial charge in [-0.3, -0.25) is 4.79 Å². The van der Waals surface area contributed by atoms with Crippen molar-refractivity contribution < 1.29 is 19.8 Å². The van der Waals surface area contributed by atoms with Crippen molar-refractivity contribution in [1.29, 1.82) is 0 Å². The van der Waals surface area contributed by atoms with Gasteiger partial charge in [0.1, 0.15) is 0 Å². The molecule has 120 valence electrons. The molecule has 1 aromatic carbocycles. The van der Waals surface area contributed by atoms with Crippen LogP contribution in [0.2, 0.25) is 0 Å². The molecule has 2 heterocycles. The molecule has 3 rings (SSSR count). The largest absolute Gasteiger partial charge is 0.479 e. The highest BCUT2D eigenvalue weighted by Crippen LogP contribution is 2.24. The summed E-state index contributed by atoms with van der Waals surface area (Å²) in [7, 11) is 0. The molecule has 0 aliphatic carbocycles. The molecule has 0 unspecified atom stereocenters. The lowest BCUT2D eigenvalue weighted by atomic mass is 9.91. The zero-order chi connectivity index (χ0) is 16.4. The van der Waals surface area contributed by atoms with Crippen LogP contribution in [0.1, 0.15) is 23.2 Å². The van der Waals surface area contributed by atoms with Gasteiger partial charge in [0, 0.05) is 49.6 Å². The second kappa shape index (κ2) is 5.89. The second-order valence-corrected chi connectivity index (χ2v) is 5.77. The molecule has 0 spiro atoms. The fourth-order valence-electron chi connectivity index (χ4n) is 2.78. The number of aliphatic carboxylic acids is 1. The Kier molecular flexibility index (Phi) is 3.92. The molecule has 0 radical (unpaired) electrons. The number of likely N-dealkylation sites (tertiary alicyclic amines) is 1. The zero-order valence-electron chi connectivity index (χ0n) is 12.6. The summed E-state index contributed by atoms with van der Waals surface area (Å²) in [6, 6.07) is 11.1. The Bertz CT molecular complexity index is 716. The van der Waals surface area contributed by atoms with E-state index in [9.17, 15) is 14.7 Å². The van der Waals surface area contributed by atoms with Crippen molar-refractivity contribution in [2.24, 2.45) is 0 Å². The van der Waals surface area contributed by atoms with E-state index in [0.29, 0.717) is 5.56 Å². The fourth-order valence-corrected chi connectivity index (χ4v) is 2.78. The smallest absolute Gasteiger partial charge is 0.335 e. The van der Waals surface area contributed by atoms with Gasteiger partial charge < -0.3 is 19.7 Å². The first-order valence-electron chi connectivity index (χ1n) is 7.48. The van der Waals surface area contributed by atoms with E-state index in [1.165, 1.54) is 0 Å². The molecule has 1 aliphatic rings. The number of benzene rings is 1. The standard InChI is InChI=1S/C17H18N2O4/c20-15(19-10-6-17(23,7-11-19)16(21)22)13-4-3-5-14(12-13)18-8-1-2-9-18/h1-5,8-9,12,23H,6-7,10-11H2,(H,21,22). The number of nitrogens with zero attached hydrogens (tertiary/aromatic N) is 2. The van der Waals surface area contributed by atoms with Crippen LogP contribution in [0, 0.1) is 0 Å². The lowest BCUT2D eigenvalue weighted by Crippen LogP contribution is -2.50. The summed E-state index contributed by atoms with van der Waals surface area (Å²) >= 11 is 0. The van der Waals surface area contributed by atoms with Gasteiger partial charge in [0.05, 0.1) is 0 Å². The van der Waals surface area contributed by atoms with Crippen molar-refractivity contribution in [3.63, 3.8) is 0 Å². The third kappa shape index (κ3) is 2.98. The van der Waals surface area contributed by atoms with Crippen LogP contribution in [0.3, 0.4) is 0 Å². The molecule has 1 saturated heterocycles. The average molecular weight is 314 g/mol. The third-order valence-electron chi connectivity index (χ3n) is 4.27. The monoisotopic (exact) mass is 314 g/mol. The number of hydrogen-bond donors (Lipinski definition) is 2. The van der Waals surface area contributed by atoms with Crippen LogP contribution < -0.4 is 0 Å². The van der Waals surface area contributed by atoms with Gasteiger partial charge in [0.25, 0.3) is 5.91 Å². The van der Waals surface area contributed by atoms with Gasteiger partial charge in [-0.25, -0.2) is 4.79 Å². The second-order valence-electron chi connectivity index (χ2n) is 5.77. The average Bonchev–Trinajstić information content (AvgIpc) is 3.09. The molecule has 23 heavy (non-hydrogen) atoms. The topological polar surface area (TPSA) is 82.8 Å². The number of aromatic nitrogens is 1. The number of piperidine rings is 1. The van der Waals surface area contributed by atoms with Crippen molar-refractivity contribution in [2.45, 2.75) is 18.4 Å². The Labute approximate surface area is 133 Å². The Morgan fingerprint density at radius 2 is 1.70 bits per heavy atom. The molecule has 0 saturated carbocycles. The summed E-state index contributed by atoms with van der Waals surface area (Å²) in [6.07, 6.45) is 3.89. The molecule has 1 fully saturated rings. The highest BCUT2D eigenvalue weighted by Gasteiger charge is 2.40. The van der Waals surface area contributed by atoms with Crippen LogP contribution in [-0.4, -0.2) is 50.2 Å². The molecule has 1 aliphatic heterocycles. The Morgan fingerprint density at radius 3 is 2.30 bits per heavy atom. The van der Waals surface area contributed by atoms with Crippen LogP contribution in [0.5, 0.6) is 0 Å². The van der Waals surface area contributed by atoms with E-state index in [1.807, 2.05) is 41.2 Å². The molecule has 0 atom stereocenters. The quantitative estimate of drug-likeness (QED) is 0.900. The number of carbonyl (C=O) groups is 2. The predicted molar refractivity (Wildman–Crippen MR) is 83.5 cm³/mol. The summed E-state index contributed by atoms with van der Waals surface area (Å²) in [5.74, 6) is -1.37. The third-order valence-corrected chi connectivity index (χ3v) is 4.27. The highest BCUT2D eigenvalue weighted by atomic mass is 16.4. The molecule has 6 nitrogen and oxygen atoms in total. The van der Waals surface area contributed by atoms with Gasteiger partial charge in [-0.1, -0.05) is 6.07 Å². The SMILES string of the molecule is O=C(c1cccc(-n2cccc2)c1)N1CCC(O)(C(=O)O)CC1. The number of aliphatic hydroxyl groups is 1. The molecule has 0 bridgehead atoms. The van der Waals surface area contributed by atoms with Gasteiger partial charge in [-0.2, -0.15) is 0 Å². The lowest BCUT2D eigenvalue weighted by molar-refractivity contribution is -0.162. The lowest BCUT2D eigenvalue weighted by Gasteiger charge is -2.35. The van der Waals surface area contributed by atoms with Crippen LogP contribution in [-0.2, 0) is 4.79 Å². The van der Waals surface area contributed by atoms with E-state index in [-0.39, 0.29) is 31.8 Å². The number of carbonyl (C=O) groups excluding carboxylic acids is 1. The van der Waals surface area contributed by atoms with Crippen molar-refractivity contribution in [1.82, 2.24) is 9.47 Å². The van der Waals surface area contributed by atoms with E-state index in [0.717, 1.165) is 5.69 Å². The highest BCUT2D eigenvalue weighted by molar-refractivity contribution is 5.95. The molecule has 1 aromatic heterocycles. The first-order chi connectivity index (χ1) is 11.0. The summed E-state index contributed by atoms with van der Waals surface area (Å²) in [6.45, 7) is 0.463. The summed E-state index contributed by atoms with van der Waals surface area (Å²) in [5, 5.41) is 19.0. The maximum absolute atomic E-state index is 12.6. The van der Waals surface area contributed by atoms with Crippen LogP contribution >= 0.6 is 0 Å². The Morgan fingerprint density at radius 1 is 1.04 bits per heavy atom. The van der Waals surface area contributed by atoms with E-state index < -0.39 is 11.6 Å². The van der Waals surface area contributed by atoms with Crippen molar-refractivity contribution in [3.8, 4) is 5.69 Å². The maximum Gasteiger partial charge on any atom is 0.335 e. The minimum atomic E-state index is -1.72. The number of carboxylic acid groups (broad SMARTS) is 1.